The van der Waals surface area contributed by atoms with Crippen LogP contribution in [0, 0.1) is 0 Å². The Bertz CT molecular complexity index is 821. The third-order valence-electron chi connectivity index (χ3n) is 5.22. The van der Waals surface area contributed by atoms with Crippen molar-refractivity contribution < 1.29 is 14.6 Å². The largest absolute Gasteiger partial charge is 0.493 e. The zero-order chi connectivity index (χ0) is 23.2. The van der Waals surface area contributed by atoms with E-state index >= 15 is 0 Å². The van der Waals surface area contributed by atoms with E-state index in [1.807, 2.05) is 24.3 Å². The van der Waals surface area contributed by atoms with Crippen molar-refractivity contribution >= 4 is 29.9 Å². The van der Waals surface area contributed by atoms with Crippen molar-refractivity contribution in [2.75, 3.05) is 40.5 Å². The second kappa shape index (κ2) is 16.6. The highest BCUT2D eigenvalue weighted by Gasteiger charge is 2.10. The summed E-state index contributed by atoms with van der Waals surface area (Å²) in [6.07, 6.45) is 1.01. The fourth-order valence-corrected chi connectivity index (χ4v) is 3.24. The molecule has 2 aromatic carbocycles. The van der Waals surface area contributed by atoms with Gasteiger partial charge in [-0.3, -0.25) is 4.90 Å². The molecule has 0 aliphatic rings. The Labute approximate surface area is 215 Å². The van der Waals surface area contributed by atoms with Crippen LogP contribution in [0.25, 0.3) is 0 Å². The summed E-state index contributed by atoms with van der Waals surface area (Å²) in [5, 5.41) is 15.7. The van der Waals surface area contributed by atoms with Crippen LogP contribution in [0.4, 0.5) is 0 Å². The molecule has 0 aliphatic heterocycles. The van der Waals surface area contributed by atoms with Gasteiger partial charge in [0, 0.05) is 25.7 Å². The molecule has 2 aromatic rings. The monoisotopic (exact) mass is 570 g/mol. The number of aliphatic imine (C=N–C) groups is 1. The fraction of sp³-hybridized carbons (Fsp3) is 0.480. The Morgan fingerprint density at radius 1 is 1.09 bits per heavy atom. The lowest BCUT2D eigenvalue weighted by molar-refractivity contribution is 0.196. The first-order chi connectivity index (χ1) is 15.6. The smallest absolute Gasteiger partial charge is 0.191 e. The molecule has 0 radical (unpaired) electrons. The molecule has 0 aliphatic carbocycles. The van der Waals surface area contributed by atoms with E-state index in [-0.39, 0.29) is 37.2 Å². The molecule has 0 bridgehead atoms. The molecule has 7 nitrogen and oxygen atoms in total. The quantitative estimate of drug-likeness (QED) is 0.194. The van der Waals surface area contributed by atoms with Crippen LogP contribution in [0.5, 0.6) is 11.5 Å². The first kappa shape index (κ1) is 29.0. The Hall–Kier alpha value is -2.04. The second-order valence-corrected chi connectivity index (χ2v) is 7.72. The summed E-state index contributed by atoms with van der Waals surface area (Å²) in [4.78, 5) is 7.07. The summed E-state index contributed by atoms with van der Waals surface area (Å²) in [5.41, 5.74) is 2.35. The van der Waals surface area contributed by atoms with Gasteiger partial charge in [-0.25, -0.2) is 4.99 Å². The normalized spacial score (nSPS) is 12.1. The van der Waals surface area contributed by atoms with Crippen molar-refractivity contribution in [2.45, 2.75) is 39.4 Å². The van der Waals surface area contributed by atoms with Gasteiger partial charge in [0.2, 0.25) is 0 Å². The number of ether oxygens (including phenoxy) is 2. The van der Waals surface area contributed by atoms with Crippen LogP contribution in [0.2, 0.25) is 0 Å². The van der Waals surface area contributed by atoms with E-state index in [1.165, 1.54) is 5.56 Å². The first-order valence-corrected chi connectivity index (χ1v) is 11.2. The van der Waals surface area contributed by atoms with Crippen LogP contribution in [0.1, 0.15) is 31.4 Å². The minimum Gasteiger partial charge on any atom is -0.493 e. The van der Waals surface area contributed by atoms with Gasteiger partial charge in [0.1, 0.15) is 6.61 Å². The number of aliphatic hydroxyl groups is 1. The van der Waals surface area contributed by atoms with Crippen molar-refractivity contribution in [1.29, 1.82) is 0 Å². The zero-order valence-electron chi connectivity index (χ0n) is 20.2. The summed E-state index contributed by atoms with van der Waals surface area (Å²) in [6.45, 7) is 7.61. The molecule has 0 aromatic heterocycles. The average molecular weight is 571 g/mol. The van der Waals surface area contributed by atoms with Crippen LogP contribution in [0.15, 0.2) is 53.5 Å². The van der Waals surface area contributed by atoms with Crippen molar-refractivity contribution in [3.63, 3.8) is 0 Å². The van der Waals surface area contributed by atoms with Gasteiger partial charge in [-0.05, 0) is 50.6 Å². The van der Waals surface area contributed by atoms with Gasteiger partial charge in [0.15, 0.2) is 17.5 Å². The standard InChI is InChI=1S/C25H38N4O3.HI/c1-5-26-25(27-14-13-20(2)29(3)19-21-9-7-6-8-10-21)28-18-22-11-12-23(32-16-15-30)24(17-22)31-4;/h6-12,17,20,30H,5,13-16,18-19H2,1-4H3,(H2,26,27,28);1H. The van der Waals surface area contributed by atoms with E-state index in [9.17, 15) is 0 Å². The number of aliphatic hydroxyl groups excluding tert-OH is 1. The molecule has 1 atom stereocenters. The Balaban J connectivity index is 0.00000544. The van der Waals surface area contributed by atoms with E-state index in [0.717, 1.165) is 37.6 Å². The van der Waals surface area contributed by atoms with E-state index in [4.69, 9.17) is 19.6 Å². The number of halogens is 1. The van der Waals surface area contributed by atoms with Gasteiger partial charge in [-0.1, -0.05) is 36.4 Å². The molecule has 0 fully saturated rings. The van der Waals surface area contributed by atoms with Gasteiger partial charge in [-0.15, -0.1) is 24.0 Å². The lowest BCUT2D eigenvalue weighted by atomic mass is 10.1. The van der Waals surface area contributed by atoms with Crippen LogP contribution in [0.3, 0.4) is 0 Å². The molecule has 1 unspecified atom stereocenters. The van der Waals surface area contributed by atoms with E-state index < -0.39 is 0 Å². The number of benzene rings is 2. The highest BCUT2D eigenvalue weighted by molar-refractivity contribution is 14.0. The third-order valence-corrected chi connectivity index (χ3v) is 5.22. The van der Waals surface area contributed by atoms with E-state index in [2.05, 4.69) is 60.7 Å². The Kier molecular flexibility index (Phi) is 14.5. The molecule has 0 amide bonds. The van der Waals surface area contributed by atoms with Gasteiger partial charge in [-0.2, -0.15) is 0 Å². The van der Waals surface area contributed by atoms with Crippen LogP contribution in [-0.4, -0.2) is 62.5 Å². The van der Waals surface area contributed by atoms with Crippen molar-refractivity contribution in [2.24, 2.45) is 4.99 Å². The number of guanidine groups is 1. The van der Waals surface area contributed by atoms with Gasteiger partial charge < -0.3 is 25.2 Å². The maximum absolute atomic E-state index is 8.94. The molecule has 184 valence electrons. The molecule has 0 saturated carbocycles. The third kappa shape index (κ3) is 10.6. The van der Waals surface area contributed by atoms with E-state index in [0.29, 0.717) is 24.1 Å². The maximum atomic E-state index is 8.94. The zero-order valence-corrected chi connectivity index (χ0v) is 22.5. The number of nitrogens with zero attached hydrogens (tertiary/aromatic N) is 2. The number of nitrogens with one attached hydrogen (secondary N) is 2. The molecule has 8 heteroatoms. The van der Waals surface area contributed by atoms with Crippen molar-refractivity contribution in [3.05, 3.63) is 59.7 Å². The lowest BCUT2D eigenvalue weighted by Gasteiger charge is -2.25. The van der Waals surface area contributed by atoms with Gasteiger partial charge >= 0.3 is 0 Å². The number of methoxy groups -OCH3 is 1. The van der Waals surface area contributed by atoms with Gasteiger partial charge in [0.25, 0.3) is 0 Å². The summed E-state index contributed by atoms with van der Waals surface area (Å²) in [5.74, 6) is 2.05. The minimum absolute atomic E-state index is 0. The van der Waals surface area contributed by atoms with Crippen molar-refractivity contribution in [1.82, 2.24) is 15.5 Å². The maximum Gasteiger partial charge on any atom is 0.191 e. The predicted octanol–water partition coefficient (Wildman–Crippen LogP) is 3.65. The van der Waals surface area contributed by atoms with Crippen LogP contribution < -0.4 is 20.1 Å². The number of hydrogen-bond donors (Lipinski definition) is 3. The summed E-state index contributed by atoms with van der Waals surface area (Å²) >= 11 is 0. The minimum atomic E-state index is -0.0341. The molecule has 2 rings (SSSR count). The summed E-state index contributed by atoms with van der Waals surface area (Å²) in [7, 11) is 3.77. The van der Waals surface area contributed by atoms with Crippen molar-refractivity contribution in [3.8, 4) is 11.5 Å². The highest BCUT2D eigenvalue weighted by atomic mass is 127. The molecule has 0 spiro atoms. The molecule has 0 heterocycles. The summed E-state index contributed by atoms with van der Waals surface area (Å²) in [6, 6.07) is 16.7. The van der Waals surface area contributed by atoms with Crippen LogP contribution in [-0.2, 0) is 13.1 Å². The lowest BCUT2D eigenvalue weighted by Crippen LogP contribution is -2.40. The molecule has 0 saturated heterocycles. The van der Waals surface area contributed by atoms with Gasteiger partial charge in [0.05, 0.1) is 20.3 Å². The Morgan fingerprint density at radius 3 is 2.52 bits per heavy atom. The molecular weight excluding hydrogens is 531 g/mol. The second-order valence-electron chi connectivity index (χ2n) is 7.72. The van der Waals surface area contributed by atoms with E-state index in [1.54, 1.807) is 7.11 Å². The number of rotatable bonds is 13. The highest BCUT2D eigenvalue weighted by Crippen LogP contribution is 2.28. The Morgan fingerprint density at radius 2 is 1.85 bits per heavy atom. The molecule has 33 heavy (non-hydrogen) atoms. The SMILES string of the molecule is CCNC(=NCc1ccc(OCCO)c(OC)c1)NCCC(C)N(C)Cc1ccccc1.I. The van der Waals surface area contributed by atoms with Crippen LogP contribution >= 0.6 is 24.0 Å². The average Bonchev–Trinajstić information content (AvgIpc) is 2.81. The molecule has 3 N–H and O–H groups in total. The first-order valence-electron chi connectivity index (χ1n) is 11.2. The predicted molar refractivity (Wildman–Crippen MR) is 146 cm³/mol. The molecular formula is C25H39IN4O3. The topological polar surface area (TPSA) is 78.4 Å². The number of hydrogen-bond acceptors (Lipinski definition) is 5. The fourth-order valence-electron chi connectivity index (χ4n) is 3.24. The summed E-state index contributed by atoms with van der Waals surface area (Å²) < 4.78 is 10.9.